The van der Waals surface area contributed by atoms with E-state index in [0.717, 1.165) is 25.7 Å². The number of aliphatic hydroxyl groups excluding tert-OH is 1. The van der Waals surface area contributed by atoms with Crippen LogP contribution in [0.5, 0.6) is 0 Å². The maximum atomic E-state index is 8.56. The van der Waals surface area contributed by atoms with Crippen LogP contribution in [-0.4, -0.2) is 11.7 Å². The van der Waals surface area contributed by atoms with E-state index in [-0.39, 0.29) is 6.61 Å². The molecule has 0 spiro atoms. The zero-order chi connectivity index (χ0) is 12.6. The summed E-state index contributed by atoms with van der Waals surface area (Å²) in [5.41, 5.74) is 0. The highest BCUT2D eigenvalue weighted by atomic mass is 16.2. The van der Waals surface area contributed by atoms with Crippen molar-refractivity contribution in [3.05, 3.63) is 0 Å². The lowest BCUT2D eigenvalue weighted by Crippen LogP contribution is -1.80. The van der Waals surface area contributed by atoms with Gasteiger partial charge in [-0.15, -0.1) is 11.8 Å². The van der Waals surface area contributed by atoms with Gasteiger partial charge in [-0.25, -0.2) is 0 Å². The monoisotopic (exact) mass is 230 g/mol. The van der Waals surface area contributed by atoms with Crippen LogP contribution >= 0.6 is 0 Å². The quantitative estimate of drug-likeness (QED) is 0.568. The highest BCUT2D eigenvalue weighted by molar-refractivity contribution is 5.16. The van der Waals surface area contributed by atoms with Gasteiger partial charge in [0.05, 0.1) is 12.8 Å². The van der Waals surface area contributed by atoms with Gasteiger partial charge in [0.1, 0.15) is 0 Å². The molecule has 92 valence electrons. The third-order valence-electron chi connectivity index (χ3n) is 2.09. The number of aliphatic hydroxyl groups is 1. The molecule has 17 heavy (non-hydrogen) atoms. The van der Waals surface area contributed by atoms with Gasteiger partial charge in [0.2, 0.25) is 0 Å². The van der Waals surface area contributed by atoms with E-state index in [2.05, 4.69) is 42.4 Å². The van der Waals surface area contributed by atoms with Gasteiger partial charge >= 0.3 is 0 Å². The van der Waals surface area contributed by atoms with Gasteiger partial charge in [-0.3, -0.25) is 0 Å². The average Bonchev–Trinajstić information content (AvgIpc) is 2.35. The molecule has 0 atom stereocenters. The Morgan fingerprint density at radius 2 is 1.24 bits per heavy atom. The van der Waals surface area contributed by atoms with Crippen molar-refractivity contribution < 1.29 is 5.11 Å². The third kappa shape index (κ3) is 14.6. The summed E-state index contributed by atoms with van der Waals surface area (Å²) in [6, 6.07) is 0. The molecule has 0 saturated carbocycles. The highest BCUT2D eigenvalue weighted by Gasteiger charge is 1.80. The molecule has 0 aliphatic rings. The molecule has 0 aromatic rings. The molecule has 0 rings (SSSR count). The molecule has 0 aromatic carbocycles. The van der Waals surface area contributed by atoms with E-state index in [9.17, 15) is 0 Å². The summed E-state index contributed by atoms with van der Waals surface area (Å²) in [5, 5.41) is 8.56. The normalized spacial score (nSPS) is 8.12. The van der Waals surface area contributed by atoms with E-state index in [1.165, 1.54) is 12.8 Å². The lowest BCUT2D eigenvalue weighted by molar-refractivity contribution is 0.285. The van der Waals surface area contributed by atoms with E-state index in [4.69, 9.17) is 5.11 Å². The Labute approximate surface area is 106 Å². The van der Waals surface area contributed by atoms with Gasteiger partial charge < -0.3 is 5.11 Å². The number of rotatable bonds is 5. The first-order chi connectivity index (χ1) is 8.41. The Morgan fingerprint density at radius 1 is 0.706 bits per heavy atom. The SMILES string of the molecule is CCCCC#CCC#CCC#CCCCCO. The highest BCUT2D eigenvalue weighted by Crippen LogP contribution is 1.91. The molecule has 0 saturated heterocycles. The molecule has 1 N–H and O–H groups in total. The van der Waals surface area contributed by atoms with Crippen molar-refractivity contribution >= 4 is 0 Å². The van der Waals surface area contributed by atoms with Crippen LogP contribution in [0, 0.1) is 35.5 Å². The molecule has 0 heterocycles. The molecule has 0 aliphatic carbocycles. The summed E-state index contributed by atoms with van der Waals surface area (Å²) in [6.45, 7) is 2.43. The van der Waals surface area contributed by atoms with Gasteiger partial charge in [-0.2, -0.15) is 0 Å². The Bertz CT molecular complexity index is 335. The summed E-state index contributed by atoms with van der Waals surface area (Å²) < 4.78 is 0. The molecule has 1 heteroatoms. The smallest absolute Gasteiger partial charge is 0.0702 e. The number of hydrogen-bond acceptors (Lipinski definition) is 1. The predicted molar refractivity (Wildman–Crippen MR) is 73.0 cm³/mol. The second-order valence-corrected chi connectivity index (χ2v) is 3.70. The van der Waals surface area contributed by atoms with Crippen molar-refractivity contribution in [1.29, 1.82) is 0 Å². The average molecular weight is 230 g/mol. The fraction of sp³-hybridized carbons (Fsp3) is 0.625. The molecular weight excluding hydrogens is 208 g/mol. The molecule has 0 unspecified atom stereocenters. The zero-order valence-electron chi connectivity index (χ0n) is 10.8. The van der Waals surface area contributed by atoms with Crippen LogP contribution in [-0.2, 0) is 0 Å². The molecule has 0 bridgehead atoms. The standard InChI is InChI=1S/C16H22O/c1-2-3-4-5-6-7-8-9-10-11-12-13-14-15-16-17/h17H,2-4,7,10,13-16H2,1H3. The van der Waals surface area contributed by atoms with E-state index in [1.54, 1.807) is 0 Å². The Morgan fingerprint density at radius 3 is 1.76 bits per heavy atom. The number of hydrogen-bond donors (Lipinski definition) is 1. The minimum absolute atomic E-state index is 0.262. The van der Waals surface area contributed by atoms with Crippen molar-refractivity contribution in [2.24, 2.45) is 0 Å². The fourth-order valence-corrected chi connectivity index (χ4v) is 1.11. The van der Waals surface area contributed by atoms with Crippen LogP contribution in [0.3, 0.4) is 0 Å². The lowest BCUT2D eigenvalue weighted by atomic mass is 10.2. The molecule has 0 amide bonds. The summed E-state index contributed by atoms with van der Waals surface area (Å²) in [6.07, 6.45) is 7.34. The van der Waals surface area contributed by atoms with Crippen molar-refractivity contribution in [3.63, 3.8) is 0 Å². The van der Waals surface area contributed by atoms with Crippen LogP contribution in [0.25, 0.3) is 0 Å². The summed E-state index contributed by atoms with van der Waals surface area (Å²) in [5.74, 6) is 18.2. The van der Waals surface area contributed by atoms with Crippen LogP contribution in [0.2, 0.25) is 0 Å². The first-order valence-corrected chi connectivity index (χ1v) is 6.39. The second kappa shape index (κ2) is 14.6. The van der Waals surface area contributed by atoms with Crippen LogP contribution in [0.1, 0.15) is 58.3 Å². The fourth-order valence-electron chi connectivity index (χ4n) is 1.11. The summed E-state index contributed by atoms with van der Waals surface area (Å²) >= 11 is 0. The zero-order valence-corrected chi connectivity index (χ0v) is 10.8. The minimum atomic E-state index is 0.262. The summed E-state index contributed by atoms with van der Waals surface area (Å²) in [7, 11) is 0. The Balaban J connectivity index is 3.43. The minimum Gasteiger partial charge on any atom is -0.396 e. The number of unbranched alkanes of at least 4 members (excludes halogenated alkanes) is 4. The van der Waals surface area contributed by atoms with Gasteiger partial charge in [0.15, 0.2) is 0 Å². The van der Waals surface area contributed by atoms with Crippen molar-refractivity contribution in [2.45, 2.75) is 58.3 Å². The molecular formula is C16H22O. The van der Waals surface area contributed by atoms with E-state index in [0.29, 0.717) is 12.8 Å². The largest absolute Gasteiger partial charge is 0.396 e. The van der Waals surface area contributed by atoms with Gasteiger partial charge in [-0.05, 0) is 19.3 Å². The second-order valence-electron chi connectivity index (χ2n) is 3.70. The first-order valence-electron chi connectivity index (χ1n) is 6.39. The molecule has 0 aliphatic heterocycles. The Hall–Kier alpha value is -1.36. The lowest BCUT2D eigenvalue weighted by Gasteiger charge is -1.87. The van der Waals surface area contributed by atoms with Crippen LogP contribution in [0.4, 0.5) is 0 Å². The van der Waals surface area contributed by atoms with E-state index in [1.807, 2.05) is 0 Å². The van der Waals surface area contributed by atoms with Crippen LogP contribution < -0.4 is 0 Å². The maximum Gasteiger partial charge on any atom is 0.0702 e. The summed E-state index contributed by atoms with van der Waals surface area (Å²) in [4.78, 5) is 0. The Kier molecular flexibility index (Phi) is 13.5. The van der Waals surface area contributed by atoms with Gasteiger partial charge in [-0.1, -0.05) is 37.0 Å². The van der Waals surface area contributed by atoms with Crippen molar-refractivity contribution in [2.75, 3.05) is 6.61 Å². The molecule has 0 radical (unpaired) electrons. The first kappa shape index (κ1) is 15.6. The van der Waals surface area contributed by atoms with Gasteiger partial charge in [0, 0.05) is 19.4 Å². The van der Waals surface area contributed by atoms with Crippen molar-refractivity contribution in [3.8, 4) is 35.5 Å². The molecule has 0 fully saturated rings. The molecule has 0 aromatic heterocycles. The third-order valence-corrected chi connectivity index (χ3v) is 2.09. The maximum absolute atomic E-state index is 8.56. The molecule has 1 nitrogen and oxygen atoms in total. The van der Waals surface area contributed by atoms with Crippen LogP contribution in [0.15, 0.2) is 0 Å². The van der Waals surface area contributed by atoms with E-state index < -0.39 is 0 Å². The van der Waals surface area contributed by atoms with Crippen molar-refractivity contribution in [1.82, 2.24) is 0 Å². The van der Waals surface area contributed by atoms with Gasteiger partial charge in [0.25, 0.3) is 0 Å². The topological polar surface area (TPSA) is 20.2 Å². The predicted octanol–water partition coefficient (Wildman–Crippen LogP) is 3.13. The van der Waals surface area contributed by atoms with E-state index >= 15 is 0 Å².